The van der Waals surface area contributed by atoms with E-state index in [9.17, 15) is 4.21 Å². The highest BCUT2D eigenvalue weighted by molar-refractivity contribution is 9.09. The fraction of sp³-hybridized carbons (Fsp3) is 1.00. The third-order valence-electron chi connectivity index (χ3n) is 1.26. The average Bonchev–Trinajstić information content (AvgIpc) is 1.64. The summed E-state index contributed by atoms with van der Waals surface area (Å²) in [4.78, 5) is 0.525. The number of hydrogen-bond donors (Lipinski definition) is 0. The second-order valence-corrected chi connectivity index (χ2v) is 4.97. The smallest absolute Gasteiger partial charge is 0.0360 e. The van der Waals surface area contributed by atoms with Gasteiger partial charge in [-0.3, -0.25) is 4.21 Å². The molecule has 0 amide bonds. The van der Waals surface area contributed by atoms with Crippen LogP contribution in [-0.2, 0) is 10.8 Å². The second-order valence-electron chi connectivity index (χ2n) is 2.05. The largest absolute Gasteiger partial charge is 0.260 e. The summed E-state index contributed by atoms with van der Waals surface area (Å²) in [5, 5.41) is 0. The SMILES string of the molecule is O=[S@]1CCC[C@@H](Br)C1. The van der Waals surface area contributed by atoms with Gasteiger partial charge < -0.3 is 0 Å². The molecule has 1 rings (SSSR count). The maximum atomic E-state index is 10.8. The summed E-state index contributed by atoms with van der Waals surface area (Å²) in [6.45, 7) is 0. The van der Waals surface area contributed by atoms with Gasteiger partial charge in [-0.15, -0.1) is 0 Å². The van der Waals surface area contributed by atoms with Crippen molar-refractivity contribution < 1.29 is 4.21 Å². The molecule has 8 heavy (non-hydrogen) atoms. The van der Waals surface area contributed by atoms with Crippen LogP contribution in [0.25, 0.3) is 0 Å². The molecule has 1 saturated heterocycles. The van der Waals surface area contributed by atoms with Gasteiger partial charge in [0.15, 0.2) is 0 Å². The van der Waals surface area contributed by atoms with Crippen LogP contribution in [0.15, 0.2) is 0 Å². The van der Waals surface area contributed by atoms with E-state index in [2.05, 4.69) is 15.9 Å². The average molecular weight is 197 g/mol. The quantitative estimate of drug-likeness (QED) is 0.535. The lowest BCUT2D eigenvalue weighted by Gasteiger charge is -2.14. The fourth-order valence-electron chi connectivity index (χ4n) is 0.834. The highest BCUT2D eigenvalue weighted by atomic mass is 79.9. The van der Waals surface area contributed by atoms with Gasteiger partial charge in [-0.25, -0.2) is 0 Å². The first-order chi connectivity index (χ1) is 3.79. The van der Waals surface area contributed by atoms with E-state index < -0.39 is 10.8 Å². The maximum Gasteiger partial charge on any atom is 0.0360 e. The van der Waals surface area contributed by atoms with Gasteiger partial charge in [0.1, 0.15) is 0 Å². The molecule has 1 fully saturated rings. The van der Waals surface area contributed by atoms with E-state index in [1.807, 2.05) is 0 Å². The Morgan fingerprint density at radius 3 is 2.75 bits per heavy atom. The van der Waals surface area contributed by atoms with Crippen molar-refractivity contribution in [3.8, 4) is 0 Å². The number of halogens is 1. The Hall–Kier alpha value is 0.630. The topological polar surface area (TPSA) is 17.1 Å². The van der Waals surface area contributed by atoms with Gasteiger partial charge in [-0.05, 0) is 12.8 Å². The van der Waals surface area contributed by atoms with Crippen molar-refractivity contribution in [1.82, 2.24) is 0 Å². The second kappa shape index (κ2) is 2.97. The summed E-state index contributed by atoms with van der Waals surface area (Å²) >= 11 is 3.44. The van der Waals surface area contributed by atoms with E-state index in [0.717, 1.165) is 17.9 Å². The third kappa shape index (κ3) is 1.86. The predicted molar refractivity (Wildman–Crippen MR) is 39.8 cm³/mol. The van der Waals surface area contributed by atoms with Crippen LogP contribution >= 0.6 is 15.9 Å². The van der Waals surface area contributed by atoms with E-state index in [1.54, 1.807) is 0 Å². The molecule has 0 aromatic rings. The predicted octanol–water partition coefficient (Wildman–Crippen LogP) is 1.29. The molecule has 2 atom stereocenters. The molecule has 1 aliphatic rings. The van der Waals surface area contributed by atoms with Gasteiger partial charge in [0.2, 0.25) is 0 Å². The Morgan fingerprint density at radius 2 is 2.38 bits per heavy atom. The molecule has 0 saturated carbocycles. The number of rotatable bonds is 0. The zero-order valence-electron chi connectivity index (χ0n) is 4.60. The third-order valence-corrected chi connectivity index (χ3v) is 3.98. The Balaban J connectivity index is 2.34. The maximum absolute atomic E-state index is 10.8. The molecule has 0 spiro atoms. The lowest BCUT2D eigenvalue weighted by Crippen LogP contribution is -2.19. The first-order valence-electron chi connectivity index (χ1n) is 2.78. The molecule has 0 aromatic carbocycles. The molecule has 0 N–H and O–H groups in total. The van der Waals surface area contributed by atoms with Crippen LogP contribution in [0, 0.1) is 0 Å². The van der Waals surface area contributed by atoms with Crippen LogP contribution in [0.1, 0.15) is 12.8 Å². The van der Waals surface area contributed by atoms with Crippen molar-refractivity contribution in [1.29, 1.82) is 0 Å². The first-order valence-corrected chi connectivity index (χ1v) is 5.18. The molecule has 3 heteroatoms. The minimum absolute atomic E-state index is 0.517. The van der Waals surface area contributed by atoms with Gasteiger partial charge >= 0.3 is 0 Å². The molecule has 0 bridgehead atoms. The van der Waals surface area contributed by atoms with Crippen LogP contribution in [0.4, 0.5) is 0 Å². The van der Waals surface area contributed by atoms with Crippen molar-refractivity contribution >= 4 is 26.7 Å². The van der Waals surface area contributed by atoms with E-state index in [0.29, 0.717) is 4.83 Å². The van der Waals surface area contributed by atoms with E-state index >= 15 is 0 Å². The normalized spacial score (nSPS) is 39.6. The Bertz CT molecular complexity index is 105. The Labute approximate surface area is 60.4 Å². The van der Waals surface area contributed by atoms with Crippen LogP contribution in [0.5, 0.6) is 0 Å². The first kappa shape index (κ1) is 6.75. The van der Waals surface area contributed by atoms with Crippen molar-refractivity contribution in [2.24, 2.45) is 0 Å². The summed E-state index contributed by atoms with van der Waals surface area (Å²) in [5.41, 5.74) is 0. The highest BCUT2D eigenvalue weighted by Crippen LogP contribution is 2.15. The molecule has 0 unspecified atom stereocenters. The van der Waals surface area contributed by atoms with E-state index in [-0.39, 0.29) is 0 Å². The van der Waals surface area contributed by atoms with Crippen molar-refractivity contribution in [2.75, 3.05) is 11.5 Å². The van der Waals surface area contributed by atoms with Gasteiger partial charge in [0.05, 0.1) is 0 Å². The molecular weight excluding hydrogens is 188 g/mol. The fourth-order valence-corrected chi connectivity index (χ4v) is 3.27. The summed E-state index contributed by atoms with van der Waals surface area (Å²) in [7, 11) is -0.517. The number of hydrogen-bond acceptors (Lipinski definition) is 1. The summed E-state index contributed by atoms with van der Waals surface area (Å²) in [6, 6.07) is 0. The van der Waals surface area contributed by atoms with Crippen LogP contribution < -0.4 is 0 Å². The molecule has 1 nitrogen and oxygen atoms in total. The Morgan fingerprint density at radius 1 is 1.62 bits per heavy atom. The number of alkyl halides is 1. The minimum Gasteiger partial charge on any atom is -0.260 e. The van der Waals surface area contributed by atoms with Gasteiger partial charge in [-0.1, -0.05) is 15.9 Å². The van der Waals surface area contributed by atoms with Crippen molar-refractivity contribution in [2.45, 2.75) is 17.7 Å². The van der Waals surface area contributed by atoms with Crippen molar-refractivity contribution in [3.05, 3.63) is 0 Å². The van der Waals surface area contributed by atoms with E-state index in [4.69, 9.17) is 0 Å². The molecule has 1 aliphatic heterocycles. The minimum atomic E-state index is -0.517. The zero-order chi connectivity index (χ0) is 5.98. The highest BCUT2D eigenvalue weighted by Gasteiger charge is 2.14. The monoisotopic (exact) mass is 196 g/mol. The zero-order valence-corrected chi connectivity index (χ0v) is 7.00. The van der Waals surface area contributed by atoms with Crippen molar-refractivity contribution in [3.63, 3.8) is 0 Å². The van der Waals surface area contributed by atoms with Gasteiger partial charge in [-0.2, -0.15) is 0 Å². The van der Waals surface area contributed by atoms with E-state index in [1.165, 1.54) is 6.42 Å². The van der Waals surface area contributed by atoms with Crippen LogP contribution in [0.2, 0.25) is 0 Å². The molecule has 0 radical (unpaired) electrons. The van der Waals surface area contributed by atoms with Crippen LogP contribution in [-0.4, -0.2) is 20.5 Å². The summed E-state index contributed by atoms with van der Waals surface area (Å²) < 4.78 is 10.8. The molecule has 1 heterocycles. The van der Waals surface area contributed by atoms with Gasteiger partial charge in [0.25, 0.3) is 0 Å². The molecular formula is C5H9BrOS. The summed E-state index contributed by atoms with van der Waals surface area (Å²) in [6.07, 6.45) is 2.33. The van der Waals surface area contributed by atoms with Gasteiger partial charge in [0, 0.05) is 27.1 Å². The standard InChI is InChI=1S/C5H9BrOS/c6-5-2-1-3-8(7)4-5/h5H,1-4H2/t5-,8+/m1/s1. The molecule has 0 aromatic heterocycles. The molecule has 0 aliphatic carbocycles. The molecule has 48 valence electrons. The van der Waals surface area contributed by atoms with Crippen LogP contribution in [0.3, 0.4) is 0 Å². The Kier molecular flexibility index (Phi) is 2.50. The lowest BCUT2D eigenvalue weighted by molar-refractivity contribution is 0.663. The summed E-state index contributed by atoms with van der Waals surface area (Å²) in [5.74, 6) is 1.78. The lowest BCUT2D eigenvalue weighted by atomic mass is 10.3.